The van der Waals surface area contributed by atoms with Gasteiger partial charge in [0, 0.05) is 31.1 Å². The first-order valence-electron chi connectivity index (χ1n) is 6.47. The van der Waals surface area contributed by atoms with Crippen molar-refractivity contribution in [3.05, 3.63) is 22.4 Å². The lowest BCUT2D eigenvalue weighted by molar-refractivity contribution is 0.200. The van der Waals surface area contributed by atoms with Gasteiger partial charge >= 0.3 is 6.03 Å². The predicted octanol–water partition coefficient (Wildman–Crippen LogP) is 0.925. The molecule has 1 N–H and O–H groups in total. The summed E-state index contributed by atoms with van der Waals surface area (Å²) in [5.74, 6) is 0. The zero-order valence-electron chi connectivity index (χ0n) is 11.4. The smallest absolute Gasteiger partial charge is 0.317 e. The van der Waals surface area contributed by atoms with Crippen molar-refractivity contribution in [2.45, 2.75) is 13.0 Å². The molecular formula is C12H19N3O3S2. The number of rotatable bonds is 3. The number of hydrogen-bond acceptors (Lipinski definition) is 4. The van der Waals surface area contributed by atoms with Crippen LogP contribution < -0.4 is 5.32 Å². The minimum Gasteiger partial charge on any atom is -0.333 e. The summed E-state index contributed by atoms with van der Waals surface area (Å²) in [4.78, 5) is 14.8. The molecule has 1 aromatic rings. The van der Waals surface area contributed by atoms with Crippen LogP contribution in [0.25, 0.3) is 0 Å². The highest BCUT2D eigenvalue weighted by Gasteiger charge is 2.23. The molecule has 0 unspecified atom stereocenters. The SMILES string of the molecule is CS(=O)(=O)N1CCCN(C(=O)NCc2cccs2)CC1. The molecule has 6 nitrogen and oxygen atoms in total. The lowest BCUT2D eigenvalue weighted by Crippen LogP contribution is -2.42. The van der Waals surface area contributed by atoms with Crippen LogP contribution in [0.2, 0.25) is 0 Å². The quantitative estimate of drug-likeness (QED) is 0.901. The van der Waals surface area contributed by atoms with Gasteiger partial charge in [-0.05, 0) is 17.9 Å². The normalized spacial score (nSPS) is 17.8. The number of carbonyl (C=O) groups is 1. The third-order valence-electron chi connectivity index (χ3n) is 3.21. The molecule has 1 aliphatic heterocycles. The van der Waals surface area contributed by atoms with Crippen molar-refractivity contribution in [1.82, 2.24) is 14.5 Å². The van der Waals surface area contributed by atoms with Crippen LogP contribution in [0.5, 0.6) is 0 Å². The minimum atomic E-state index is -3.17. The van der Waals surface area contributed by atoms with Gasteiger partial charge in [0.2, 0.25) is 10.0 Å². The van der Waals surface area contributed by atoms with E-state index in [0.717, 1.165) is 4.88 Å². The van der Waals surface area contributed by atoms with Crippen molar-refractivity contribution in [3.63, 3.8) is 0 Å². The third kappa shape index (κ3) is 4.19. The number of thiophene rings is 1. The Hall–Kier alpha value is -1.12. The van der Waals surface area contributed by atoms with Gasteiger partial charge in [-0.1, -0.05) is 6.07 Å². The maximum atomic E-state index is 12.1. The Kier molecular flexibility index (Phi) is 5.00. The first kappa shape index (κ1) is 15.3. The minimum absolute atomic E-state index is 0.131. The first-order chi connectivity index (χ1) is 9.47. The van der Waals surface area contributed by atoms with Gasteiger partial charge in [-0.2, -0.15) is 0 Å². The molecule has 2 amide bonds. The Bertz CT molecular complexity index is 542. The Morgan fingerprint density at radius 3 is 2.80 bits per heavy atom. The van der Waals surface area contributed by atoms with Crippen molar-refractivity contribution < 1.29 is 13.2 Å². The fourth-order valence-corrected chi connectivity index (χ4v) is 3.63. The summed E-state index contributed by atoms with van der Waals surface area (Å²) >= 11 is 1.60. The molecule has 0 radical (unpaired) electrons. The van der Waals surface area contributed by atoms with Crippen LogP contribution in [0.15, 0.2) is 17.5 Å². The van der Waals surface area contributed by atoms with Crippen LogP contribution in [0.1, 0.15) is 11.3 Å². The molecule has 0 spiro atoms. The van der Waals surface area contributed by atoms with Gasteiger partial charge in [0.05, 0.1) is 12.8 Å². The molecule has 1 saturated heterocycles. The monoisotopic (exact) mass is 317 g/mol. The Labute approximate surface area is 123 Å². The maximum Gasteiger partial charge on any atom is 0.317 e. The van der Waals surface area contributed by atoms with E-state index in [-0.39, 0.29) is 6.03 Å². The summed E-state index contributed by atoms with van der Waals surface area (Å²) in [6.07, 6.45) is 1.87. The molecule has 8 heteroatoms. The number of hydrogen-bond donors (Lipinski definition) is 1. The highest BCUT2D eigenvalue weighted by atomic mass is 32.2. The van der Waals surface area contributed by atoms with E-state index >= 15 is 0 Å². The molecule has 1 aromatic heterocycles. The van der Waals surface area contributed by atoms with E-state index in [0.29, 0.717) is 39.1 Å². The molecular weight excluding hydrogens is 298 g/mol. The molecule has 0 bridgehead atoms. The molecule has 0 aliphatic carbocycles. The summed E-state index contributed by atoms with van der Waals surface area (Å²) < 4.78 is 24.4. The first-order valence-corrected chi connectivity index (χ1v) is 9.20. The molecule has 1 fully saturated rings. The summed E-state index contributed by atoms with van der Waals surface area (Å²) in [6, 6.07) is 3.79. The second-order valence-corrected chi connectivity index (χ2v) is 7.76. The fourth-order valence-electron chi connectivity index (χ4n) is 2.12. The summed E-state index contributed by atoms with van der Waals surface area (Å²) in [6.45, 7) is 2.38. The van der Waals surface area contributed by atoms with Gasteiger partial charge in [0.25, 0.3) is 0 Å². The van der Waals surface area contributed by atoms with Gasteiger partial charge < -0.3 is 10.2 Å². The van der Waals surface area contributed by atoms with Gasteiger partial charge in [0.1, 0.15) is 0 Å². The van der Waals surface area contributed by atoms with Crippen molar-refractivity contribution in [3.8, 4) is 0 Å². The lowest BCUT2D eigenvalue weighted by atomic mass is 10.4. The van der Waals surface area contributed by atoms with Gasteiger partial charge in [-0.3, -0.25) is 0 Å². The maximum absolute atomic E-state index is 12.1. The van der Waals surface area contributed by atoms with E-state index in [1.165, 1.54) is 10.6 Å². The zero-order valence-corrected chi connectivity index (χ0v) is 13.0. The molecule has 2 heterocycles. The number of nitrogens with one attached hydrogen (secondary N) is 1. The van der Waals surface area contributed by atoms with Crippen LogP contribution in [0, 0.1) is 0 Å². The molecule has 0 saturated carbocycles. The second-order valence-electron chi connectivity index (χ2n) is 4.74. The van der Waals surface area contributed by atoms with E-state index in [1.807, 2.05) is 17.5 Å². The number of nitrogens with zero attached hydrogens (tertiary/aromatic N) is 2. The van der Waals surface area contributed by atoms with E-state index in [4.69, 9.17) is 0 Å². The van der Waals surface area contributed by atoms with Gasteiger partial charge in [0.15, 0.2) is 0 Å². The zero-order chi connectivity index (χ0) is 14.6. The van der Waals surface area contributed by atoms with Crippen molar-refractivity contribution >= 4 is 27.4 Å². The van der Waals surface area contributed by atoms with Crippen molar-refractivity contribution in [1.29, 1.82) is 0 Å². The molecule has 20 heavy (non-hydrogen) atoms. The van der Waals surface area contributed by atoms with Crippen LogP contribution in [0.4, 0.5) is 4.79 Å². The number of carbonyl (C=O) groups excluding carboxylic acids is 1. The Morgan fingerprint density at radius 2 is 2.15 bits per heavy atom. The average molecular weight is 317 g/mol. The Balaban J connectivity index is 1.85. The van der Waals surface area contributed by atoms with E-state index in [1.54, 1.807) is 16.2 Å². The van der Waals surface area contributed by atoms with Crippen LogP contribution >= 0.6 is 11.3 Å². The van der Waals surface area contributed by atoms with Gasteiger partial charge in [-0.25, -0.2) is 17.5 Å². The highest BCUT2D eigenvalue weighted by Crippen LogP contribution is 2.09. The number of amides is 2. The molecule has 0 aromatic carbocycles. The highest BCUT2D eigenvalue weighted by molar-refractivity contribution is 7.88. The lowest BCUT2D eigenvalue weighted by Gasteiger charge is -2.21. The van der Waals surface area contributed by atoms with Crippen molar-refractivity contribution in [2.24, 2.45) is 0 Å². The van der Waals surface area contributed by atoms with E-state index < -0.39 is 10.0 Å². The molecule has 112 valence electrons. The predicted molar refractivity (Wildman–Crippen MR) is 79.2 cm³/mol. The standard InChI is InChI=1S/C12H19N3O3S2/c1-20(17,18)15-6-3-5-14(7-8-15)12(16)13-10-11-4-2-9-19-11/h2,4,9H,3,5-8,10H2,1H3,(H,13,16). The molecule has 1 aliphatic rings. The largest absolute Gasteiger partial charge is 0.333 e. The van der Waals surface area contributed by atoms with Gasteiger partial charge in [-0.15, -0.1) is 11.3 Å². The summed E-state index contributed by atoms with van der Waals surface area (Å²) in [5, 5.41) is 4.84. The molecule has 2 rings (SSSR count). The van der Waals surface area contributed by atoms with Crippen LogP contribution in [-0.2, 0) is 16.6 Å². The van der Waals surface area contributed by atoms with E-state index in [9.17, 15) is 13.2 Å². The van der Waals surface area contributed by atoms with Crippen LogP contribution in [-0.4, -0.2) is 56.1 Å². The van der Waals surface area contributed by atoms with Crippen LogP contribution in [0.3, 0.4) is 0 Å². The Morgan fingerprint density at radius 1 is 1.35 bits per heavy atom. The summed E-state index contributed by atoms with van der Waals surface area (Å²) in [5.41, 5.74) is 0. The average Bonchev–Trinajstić information content (AvgIpc) is 2.76. The van der Waals surface area contributed by atoms with Crippen molar-refractivity contribution in [2.75, 3.05) is 32.4 Å². The summed E-state index contributed by atoms with van der Waals surface area (Å²) in [7, 11) is -3.17. The fraction of sp³-hybridized carbons (Fsp3) is 0.583. The third-order valence-corrected chi connectivity index (χ3v) is 5.38. The van der Waals surface area contributed by atoms with E-state index in [2.05, 4.69) is 5.32 Å². The topological polar surface area (TPSA) is 69.7 Å². The number of sulfonamides is 1. The number of urea groups is 1. The second kappa shape index (κ2) is 6.55. The molecule has 0 atom stereocenters.